The van der Waals surface area contributed by atoms with Crippen LogP contribution in [0.25, 0.3) is 0 Å². The molecule has 4 heteroatoms. The summed E-state index contributed by atoms with van der Waals surface area (Å²) in [6.45, 7) is 0. The third-order valence-electron chi connectivity index (χ3n) is 3.32. The largest absolute Gasteiger partial charge is 0.497 e. The molecular formula is C15H12NO3+. The van der Waals surface area contributed by atoms with Crippen LogP contribution in [0.1, 0.15) is 5.56 Å². The molecule has 0 aromatic heterocycles. The minimum atomic E-state index is -0.418. The molecule has 2 aromatic carbocycles. The number of benzene rings is 2. The highest BCUT2D eigenvalue weighted by atomic mass is 16.7. The molecule has 4 rings (SSSR count). The molecular weight excluding hydrogens is 242 g/mol. The molecule has 0 saturated heterocycles. The van der Waals surface area contributed by atoms with Gasteiger partial charge in [-0.25, -0.2) is 0 Å². The smallest absolute Gasteiger partial charge is 0.468 e. The zero-order valence-corrected chi connectivity index (χ0v) is 10.4. The van der Waals surface area contributed by atoms with Crippen molar-refractivity contribution in [2.45, 2.75) is 6.41 Å². The highest BCUT2D eigenvalue weighted by molar-refractivity contribution is 5.82. The highest BCUT2D eigenvalue weighted by Gasteiger charge is 2.41. The van der Waals surface area contributed by atoms with Crippen molar-refractivity contribution in [3.05, 3.63) is 48.0 Å². The Kier molecular flexibility index (Phi) is 2.06. The molecule has 2 heterocycles. The molecule has 94 valence electrons. The third kappa shape index (κ3) is 1.50. The minimum Gasteiger partial charge on any atom is -0.497 e. The number of nitrogens with zero attached hydrogens (tertiary/aromatic N) is 1. The molecule has 0 radical (unpaired) electrons. The molecule has 1 atom stereocenters. The summed E-state index contributed by atoms with van der Waals surface area (Å²) in [7, 11) is 1.66. The maximum absolute atomic E-state index is 5.85. The zero-order chi connectivity index (χ0) is 12.8. The monoisotopic (exact) mass is 254 g/mol. The van der Waals surface area contributed by atoms with E-state index in [1.165, 1.54) is 0 Å². The first kappa shape index (κ1) is 10.4. The van der Waals surface area contributed by atoms with E-state index in [1.54, 1.807) is 7.11 Å². The molecule has 0 amide bonds. The van der Waals surface area contributed by atoms with E-state index in [1.807, 2.05) is 53.3 Å². The maximum Gasteiger partial charge on any atom is 0.468 e. The van der Waals surface area contributed by atoms with Crippen LogP contribution in [0.3, 0.4) is 0 Å². The molecule has 0 N–H and O–H groups in total. The second kappa shape index (κ2) is 3.75. The van der Waals surface area contributed by atoms with Crippen LogP contribution in [-0.4, -0.2) is 24.3 Å². The maximum atomic E-state index is 5.85. The Morgan fingerprint density at radius 3 is 2.79 bits per heavy atom. The molecule has 4 nitrogen and oxygen atoms in total. The highest BCUT2D eigenvalue weighted by Crippen LogP contribution is 2.39. The summed E-state index contributed by atoms with van der Waals surface area (Å²) in [5, 5.41) is 0. The lowest BCUT2D eigenvalue weighted by Crippen LogP contribution is -2.33. The number of ether oxygens (including phenoxy) is 3. The fourth-order valence-electron chi connectivity index (χ4n) is 2.38. The van der Waals surface area contributed by atoms with Gasteiger partial charge in [0.2, 0.25) is 5.75 Å². The van der Waals surface area contributed by atoms with Gasteiger partial charge in [-0.05, 0) is 24.3 Å². The number of methoxy groups -OCH3 is 1. The van der Waals surface area contributed by atoms with Gasteiger partial charge >= 0.3 is 6.41 Å². The summed E-state index contributed by atoms with van der Waals surface area (Å²) in [5.74, 6) is 2.45. The molecule has 0 spiro atoms. The van der Waals surface area contributed by atoms with Gasteiger partial charge in [0.1, 0.15) is 11.5 Å². The first-order valence-corrected chi connectivity index (χ1v) is 6.09. The van der Waals surface area contributed by atoms with Crippen LogP contribution in [0.15, 0.2) is 42.5 Å². The normalized spacial score (nSPS) is 18.4. The Morgan fingerprint density at radius 2 is 1.89 bits per heavy atom. The van der Waals surface area contributed by atoms with Crippen molar-refractivity contribution in [2.24, 2.45) is 0 Å². The predicted molar refractivity (Wildman–Crippen MR) is 69.6 cm³/mol. The fraction of sp³-hybridized carbons (Fsp3) is 0.133. The lowest BCUT2D eigenvalue weighted by molar-refractivity contribution is -0.555. The average molecular weight is 254 g/mol. The van der Waals surface area contributed by atoms with Crippen LogP contribution < -0.4 is 14.2 Å². The number of para-hydroxylation sites is 2. The van der Waals surface area contributed by atoms with E-state index in [9.17, 15) is 0 Å². The third-order valence-corrected chi connectivity index (χ3v) is 3.32. The summed E-state index contributed by atoms with van der Waals surface area (Å²) in [6, 6.07) is 13.6. The van der Waals surface area contributed by atoms with Crippen molar-refractivity contribution < 1.29 is 18.8 Å². The van der Waals surface area contributed by atoms with Crippen LogP contribution in [-0.2, 0) is 0 Å². The van der Waals surface area contributed by atoms with Crippen molar-refractivity contribution in [3.63, 3.8) is 0 Å². The lowest BCUT2D eigenvalue weighted by Gasteiger charge is -2.16. The fourth-order valence-corrected chi connectivity index (χ4v) is 2.38. The topological polar surface area (TPSA) is 30.7 Å². The van der Waals surface area contributed by atoms with Crippen LogP contribution >= 0.6 is 0 Å². The Labute approximate surface area is 110 Å². The van der Waals surface area contributed by atoms with E-state index >= 15 is 0 Å². The van der Waals surface area contributed by atoms with Gasteiger partial charge in [0, 0.05) is 6.07 Å². The number of hydrogen-bond acceptors (Lipinski definition) is 3. The summed E-state index contributed by atoms with van der Waals surface area (Å²) in [4.78, 5) is 0. The lowest BCUT2D eigenvalue weighted by atomic mass is 10.2. The minimum absolute atomic E-state index is 0.418. The first-order valence-electron chi connectivity index (χ1n) is 6.09. The zero-order valence-electron chi connectivity index (χ0n) is 10.4. The van der Waals surface area contributed by atoms with Gasteiger partial charge in [0.25, 0.3) is 5.69 Å². The summed E-state index contributed by atoms with van der Waals surface area (Å²) in [6.07, 6.45) is 1.61. The van der Waals surface area contributed by atoms with E-state index in [2.05, 4.69) is 0 Å². The number of hydrogen-bond donors (Lipinski definition) is 0. The summed E-state index contributed by atoms with van der Waals surface area (Å²) >= 11 is 0. The standard InChI is InChI=1S/C15H12NO3/c1-17-11-6-7-13-10(8-11)9-16-12-4-2-3-5-14(12)19-15(16)18-13/h2-9,15H,1H3/q+1. The van der Waals surface area contributed by atoms with Gasteiger partial charge in [-0.1, -0.05) is 12.1 Å². The molecule has 0 saturated carbocycles. The van der Waals surface area contributed by atoms with Crippen molar-refractivity contribution in [1.82, 2.24) is 0 Å². The number of rotatable bonds is 1. The summed E-state index contributed by atoms with van der Waals surface area (Å²) < 4.78 is 18.8. The van der Waals surface area contributed by atoms with E-state index in [4.69, 9.17) is 14.2 Å². The predicted octanol–water partition coefficient (Wildman–Crippen LogP) is 2.53. The summed E-state index contributed by atoms with van der Waals surface area (Å²) in [5.41, 5.74) is 2.00. The van der Waals surface area contributed by atoms with E-state index in [-0.39, 0.29) is 0 Å². The second-order valence-corrected chi connectivity index (χ2v) is 4.45. The van der Waals surface area contributed by atoms with E-state index < -0.39 is 6.41 Å². The van der Waals surface area contributed by atoms with Crippen LogP contribution in [0.4, 0.5) is 5.69 Å². The van der Waals surface area contributed by atoms with E-state index in [0.29, 0.717) is 0 Å². The molecule has 2 aliphatic rings. The van der Waals surface area contributed by atoms with Gasteiger partial charge in [0.15, 0.2) is 6.21 Å². The first-order chi connectivity index (χ1) is 9.35. The molecule has 1 unspecified atom stereocenters. The van der Waals surface area contributed by atoms with Crippen molar-refractivity contribution in [3.8, 4) is 17.2 Å². The number of fused-ring (bicyclic) bond motifs is 4. The van der Waals surface area contributed by atoms with Gasteiger partial charge in [0.05, 0.1) is 12.7 Å². The Morgan fingerprint density at radius 1 is 1.05 bits per heavy atom. The quantitative estimate of drug-likeness (QED) is 0.733. The molecule has 0 bridgehead atoms. The van der Waals surface area contributed by atoms with Crippen molar-refractivity contribution in [2.75, 3.05) is 7.11 Å². The second-order valence-electron chi connectivity index (χ2n) is 4.45. The van der Waals surface area contributed by atoms with Crippen LogP contribution in [0.2, 0.25) is 0 Å². The molecule has 2 aromatic rings. The van der Waals surface area contributed by atoms with Crippen LogP contribution in [0, 0.1) is 0 Å². The Balaban J connectivity index is 1.86. The Bertz CT molecular complexity index is 694. The van der Waals surface area contributed by atoms with Crippen LogP contribution in [0.5, 0.6) is 17.2 Å². The van der Waals surface area contributed by atoms with Crippen molar-refractivity contribution >= 4 is 11.9 Å². The van der Waals surface area contributed by atoms with Gasteiger partial charge in [-0.15, -0.1) is 4.58 Å². The van der Waals surface area contributed by atoms with Gasteiger partial charge < -0.3 is 14.2 Å². The SMILES string of the molecule is COc1ccc2c(c1)C=[N+]1c3ccccc3OC1O2. The van der Waals surface area contributed by atoms with Gasteiger partial charge in [-0.3, -0.25) is 0 Å². The van der Waals surface area contributed by atoms with Gasteiger partial charge in [-0.2, -0.15) is 0 Å². The molecule has 2 aliphatic heterocycles. The molecule has 0 fully saturated rings. The van der Waals surface area contributed by atoms with Crippen molar-refractivity contribution in [1.29, 1.82) is 0 Å². The Hall–Kier alpha value is -2.49. The molecule has 0 aliphatic carbocycles. The molecule has 19 heavy (non-hydrogen) atoms. The van der Waals surface area contributed by atoms with E-state index in [0.717, 1.165) is 28.5 Å². The average Bonchev–Trinajstić information content (AvgIpc) is 2.82.